The molecule has 1 N–H and O–H groups in total. The molecule has 10 nitrogen and oxygen atoms in total. The third-order valence-corrected chi connectivity index (χ3v) is 6.88. The predicted molar refractivity (Wildman–Crippen MR) is 132 cm³/mol. The second-order valence-corrected chi connectivity index (χ2v) is 9.15. The molecule has 0 aliphatic carbocycles. The molecule has 0 aromatic carbocycles. The Hall–Kier alpha value is -3.34. The van der Waals surface area contributed by atoms with E-state index in [1.165, 1.54) is 7.11 Å². The molecule has 3 aromatic heterocycles. The van der Waals surface area contributed by atoms with Crippen molar-refractivity contribution in [3.63, 3.8) is 0 Å². The van der Waals surface area contributed by atoms with Crippen molar-refractivity contribution < 1.29 is 13.9 Å². The van der Waals surface area contributed by atoms with Gasteiger partial charge in [0.25, 0.3) is 0 Å². The number of alkyl halides is 1. The number of fused-ring (bicyclic) bond motifs is 1. The van der Waals surface area contributed by atoms with E-state index in [0.717, 1.165) is 23.7 Å². The van der Waals surface area contributed by atoms with E-state index in [2.05, 4.69) is 34.1 Å². The number of hydrogen-bond donors (Lipinski definition) is 1. The molecule has 2 aliphatic heterocycles. The minimum atomic E-state index is -1.09. The number of carbonyl (C=O) groups excluding carboxylic acids is 1. The zero-order valence-electron chi connectivity index (χ0n) is 20.3. The number of halogens is 1. The molecular weight excluding hydrogens is 451 g/mol. The highest BCUT2D eigenvalue weighted by Crippen LogP contribution is 2.33. The molecule has 3 atom stereocenters. The molecule has 35 heavy (non-hydrogen) atoms. The highest BCUT2D eigenvalue weighted by Gasteiger charge is 2.31. The van der Waals surface area contributed by atoms with Gasteiger partial charge in [-0.15, -0.1) is 0 Å². The highest BCUT2D eigenvalue weighted by molar-refractivity contribution is 6.03. The number of rotatable bonds is 7. The van der Waals surface area contributed by atoms with Crippen LogP contribution < -0.4 is 15.1 Å². The quantitative estimate of drug-likeness (QED) is 0.545. The molecular formula is C24H31FN8O2. The van der Waals surface area contributed by atoms with Gasteiger partial charge in [-0.25, -0.2) is 14.4 Å². The maximum Gasteiger partial charge on any atom is 0.228 e. The maximum atomic E-state index is 14.4. The molecule has 2 aliphatic rings. The number of methoxy groups -OCH3 is 1. The van der Waals surface area contributed by atoms with Gasteiger partial charge in [0.1, 0.15) is 17.8 Å². The molecule has 186 valence electrons. The first-order valence-corrected chi connectivity index (χ1v) is 12.2. The Morgan fingerprint density at radius 1 is 1.29 bits per heavy atom. The first-order valence-electron chi connectivity index (χ1n) is 12.2. The SMILES string of the molecule is CCC(C)n1nc(N2CCCC2=O)c2cnc(Nc3ccnc(N4CC[C@H](OC)[C@H](F)C4)n3)cc21. The molecule has 0 saturated carbocycles. The molecule has 1 amide bonds. The van der Waals surface area contributed by atoms with Crippen LogP contribution in [0.1, 0.15) is 45.6 Å². The van der Waals surface area contributed by atoms with E-state index >= 15 is 0 Å². The van der Waals surface area contributed by atoms with Crippen LogP contribution in [0.5, 0.6) is 0 Å². The predicted octanol–water partition coefficient (Wildman–Crippen LogP) is 3.63. The van der Waals surface area contributed by atoms with E-state index in [1.54, 1.807) is 23.4 Å². The summed E-state index contributed by atoms with van der Waals surface area (Å²) in [6, 6.07) is 3.85. The summed E-state index contributed by atoms with van der Waals surface area (Å²) in [6.07, 6.45) is 4.81. The highest BCUT2D eigenvalue weighted by atomic mass is 19.1. The molecule has 1 unspecified atom stereocenters. The molecule has 2 fully saturated rings. The standard InChI is InChI=1S/C24H31FN8O2/c1-4-15(2)33-18-12-21(27-13-16(18)23(30-33)32-10-5-6-22(32)34)28-20-7-9-26-24(29-20)31-11-8-19(35-3)17(25)14-31/h7,9,12-13,15,17,19H,4-6,8,10-11,14H2,1-3H3,(H,26,27,28,29)/t15?,17-,19+/m1/s1. The fourth-order valence-corrected chi connectivity index (χ4v) is 4.70. The Balaban J connectivity index is 1.42. The number of pyridine rings is 1. The molecule has 0 bridgehead atoms. The largest absolute Gasteiger partial charge is 0.378 e. The minimum absolute atomic E-state index is 0.0986. The monoisotopic (exact) mass is 482 g/mol. The number of aromatic nitrogens is 5. The van der Waals surface area contributed by atoms with Gasteiger partial charge in [0.05, 0.1) is 23.6 Å². The van der Waals surface area contributed by atoms with Crippen LogP contribution >= 0.6 is 0 Å². The van der Waals surface area contributed by atoms with Crippen molar-refractivity contribution >= 4 is 40.2 Å². The summed E-state index contributed by atoms with van der Waals surface area (Å²) in [4.78, 5) is 29.5. The Labute approximate surface area is 203 Å². The van der Waals surface area contributed by atoms with Gasteiger partial charge in [-0.2, -0.15) is 10.1 Å². The number of piperidine rings is 1. The van der Waals surface area contributed by atoms with Gasteiger partial charge in [0.2, 0.25) is 11.9 Å². The van der Waals surface area contributed by atoms with E-state index < -0.39 is 6.17 Å². The van der Waals surface area contributed by atoms with Crippen molar-refractivity contribution in [1.82, 2.24) is 24.7 Å². The summed E-state index contributed by atoms with van der Waals surface area (Å²) in [5, 5.41) is 8.91. The maximum absolute atomic E-state index is 14.4. The third kappa shape index (κ3) is 4.52. The van der Waals surface area contributed by atoms with Crippen molar-refractivity contribution in [3.05, 3.63) is 24.5 Å². The average Bonchev–Trinajstić information content (AvgIpc) is 3.46. The second-order valence-electron chi connectivity index (χ2n) is 9.15. The Kier molecular flexibility index (Phi) is 6.50. The van der Waals surface area contributed by atoms with Crippen molar-refractivity contribution in [2.45, 2.75) is 57.8 Å². The summed E-state index contributed by atoms with van der Waals surface area (Å²) in [6.45, 7) is 5.71. The summed E-state index contributed by atoms with van der Waals surface area (Å²) in [7, 11) is 1.54. The van der Waals surface area contributed by atoms with Gasteiger partial charge in [-0.3, -0.25) is 14.4 Å². The fraction of sp³-hybridized carbons (Fsp3) is 0.542. The van der Waals surface area contributed by atoms with Gasteiger partial charge < -0.3 is 15.0 Å². The van der Waals surface area contributed by atoms with Crippen LogP contribution in [0.25, 0.3) is 10.9 Å². The van der Waals surface area contributed by atoms with E-state index in [0.29, 0.717) is 49.3 Å². The lowest BCUT2D eigenvalue weighted by atomic mass is 10.1. The van der Waals surface area contributed by atoms with Crippen LogP contribution in [0, 0.1) is 0 Å². The Bertz CT molecular complexity index is 1220. The van der Waals surface area contributed by atoms with E-state index in [4.69, 9.17) is 9.84 Å². The summed E-state index contributed by atoms with van der Waals surface area (Å²) >= 11 is 0. The fourth-order valence-electron chi connectivity index (χ4n) is 4.70. The van der Waals surface area contributed by atoms with Crippen molar-refractivity contribution in [2.75, 3.05) is 41.9 Å². The molecule has 2 saturated heterocycles. The van der Waals surface area contributed by atoms with Gasteiger partial charge >= 0.3 is 0 Å². The third-order valence-electron chi connectivity index (χ3n) is 6.88. The van der Waals surface area contributed by atoms with Crippen LogP contribution in [0.4, 0.5) is 27.8 Å². The van der Waals surface area contributed by atoms with E-state index in [1.807, 2.05) is 15.6 Å². The van der Waals surface area contributed by atoms with E-state index in [9.17, 15) is 9.18 Å². The molecule has 0 spiro atoms. The smallest absolute Gasteiger partial charge is 0.228 e. The van der Waals surface area contributed by atoms with Gasteiger partial charge in [0, 0.05) is 51.1 Å². The average molecular weight is 483 g/mol. The number of nitrogens with one attached hydrogen (secondary N) is 1. The number of anilines is 4. The van der Waals surface area contributed by atoms with Crippen LogP contribution in [-0.2, 0) is 9.53 Å². The Morgan fingerprint density at radius 3 is 2.86 bits per heavy atom. The number of amides is 1. The number of nitrogens with zero attached hydrogens (tertiary/aromatic N) is 7. The molecule has 5 heterocycles. The first kappa shape index (κ1) is 23.4. The number of carbonyl (C=O) groups is 1. The van der Waals surface area contributed by atoms with Crippen molar-refractivity contribution in [3.8, 4) is 0 Å². The Morgan fingerprint density at radius 2 is 2.14 bits per heavy atom. The van der Waals surface area contributed by atoms with Crippen LogP contribution in [0.15, 0.2) is 24.5 Å². The summed E-state index contributed by atoms with van der Waals surface area (Å²) in [5.41, 5.74) is 0.905. The first-order chi connectivity index (χ1) is 17.0. The lowest BCUT2D eigenvalue weighted by Crippen LogP contribution is -2.46. The molecule has 3 aromatic rings. The summed E-state index contributed by atoms with van der Waals surface area (Å²) < 4.78 is 21.5. The van der Waals surface area contributed by atoms with Crippen LogP contribution in [0.3, 0.4) is 0 Å². The zero-order chi connectivity index (χ0) is 24.5. The molecule has 5 rings (SSSR count). The van der Waals surface area contributed by atoms with E-state index in [-0.39, 0.29) is 24.6 Å². The van der Waals surface area contributed by atoms with Crippen LogP contribution in [-0.4, -0.2) is 69.7 Å². The topological polar surface area (TPSA) is 101 Å². The second kappa shape index (κ2) is 9.73. The van der Waals surface area contributed by atoms with Crippen LogP contribution in [0.2, 0.25) is 0 Å². The zero-order valence-corrected chi connectivity index (χ0v) is 20.3. The normalized spacial score (nSPS) is 21.7. The van der Waals surface area contributed by atoms with Crippen molar-refractivity contribution in [2.24, 2.45) is 0 Å². The van der Waals surface area contributed by atoms with Gasteiger partial charge in [-0.05, 0) is 32.3 Å². The number of ether oxygens (including phenoxy) is 1. The number of hydrogen-bond acceptors (Lipinski definition) is 8. The van der Waals surface area contributed by atoms with Gasteiger partial charge in [-0.1, -0.05) is 6.92 Å². The summed E-state index contributed by atoms with van der Waals surface area (Å²) in [5.74, 6) is 2.41. The lowest BCUT2D eigenvalue weighted by Gasteiger charge is -2.33. The minimum Gasteiger partial charge on any atom is -0.378 e. The molecule has 11 heteroatoms. The lowest BCUT2D eigenvalue weighted by molar-refractivity contribution is -0.117. The van der Waals surface area contributed by atoms with Gasteiger partial charge in [0.15, 0.2) is 5.82 Å². The van der Waals surface area contributed by atoms with Crippen molar-refractivity contribution in [1.29, 1.82) is 0 Å². The molecule has 0 radical (unpaired) electrons.